The van der Waals surface area contributed by atoms with Crippen LogP contribution in [0.5, 0.6) is 0 Å². The summed E-state index contributed by atoms with van der Waals surface area (Å²) in [5.74, 6) is 0.308. The Balaban J connectivity index is 1.81. The third-order valence-corrected chi connectivity index (χ3v) is 3.00. The van der Waals surface area contributed by atoms with Crippen molar-refractivity contribution in [1.82, 2.24) is 4.98 Å². The predicted octanol–water partition coefficient (Wildman–Crippen LogP) is 2.59. The minimum Gasteiger partial charge on any atom is -0.432 e. The van der Waals surface area contributed by atoms with E-state index in [2.05, 4.69) is 10.3 Å². The van der Waals surface area contributed by atoms with Crippen molar-refractivity contribution >= 4 is 29.2 Å². The number of alkyl halides is 2. The van der Waals surface area contributed by atoms with Crippen LogP contribution in [0.2, 0.25) is 0 Å². The summed E-state index contributed by atoms with van der Waals surface area (Å²) in [6.45, 7) is 2.59. The van der Waals surface area contributed by atoms with Crippen LogP contribution in [0.25, 0.3) is 0 Å². The summed E-state index contributed by atoms with van der Waals surface area (Å²) >= 11 is 11.7. The predicted molar refractivity (Wildman–Crippen MR) is 52.3 cm³/mol. The fraction of sp³-hybridized carbons (Fsp3) is 0.625. The van der Waals surface area contributed by atoms with Crippen molar-refractivity contribution in [2.45, 2.75) is 17.7 Å². The Morgan fingerprint density at radius 1 is 1.77 bits per heavy atom. The van der Waals surface area contributed by atoms with Gasteiger partial charge in [-0.3, -0.25) is 0 Å². The molecular formula is C8H10Cl2N2O. The number of hydrogen-bond donors (Lipinski definition) is 1. The number of hydrogen-bond acceptors (Lipinski definition) is 3. The maximum Gasteiger partial charge on any atom is 0.294 e. The number of anilines is 1. The lowest BCUT2D eigenvalue weighted by atomic mass is 10.4. The van der Waals surface area contributed by atoms with Crippen LogP contribution in [0.3, 0.4) is 0 Å². The Kier molecular flexibility index (Phi) is 2.16. The van der Waals surface area contributed by atoms with E-state index in [0.717, 1.165) is 12.1 Å². The molecule has 72 valence electrons. The van der Waals surface area contributed by atoms with Gasteiger partial charge >= 0.3 is 0 Å². The van der Waals surface area contributed by atoms with Gasteiger partial charge in [0.15, 0.2) is 0 Å². The van der Waals surface area contributed by atoms with Crippen LogP contribution < -0.4 is 5.32 Å². The van der Waals surface area contributed by atoms with Gasteiger partial charge in [-0.15, -0.1) is 23.2 Å². The van der Waals surface area contributed by atoms with Crippen molar-refractivity contribution in [3.05, 3.63) is 12.0 Å². The molecule has 13 heavy (non-hydrogen) atoms. The summed E-state index contributed by atoms with van der Waals surface area (Å²) in [4.78, 5) is 4.09. The van der Waals surface area contributed by atoms with Gasteiger partial charge in [0, 0.05) is 12.5 Å². The van der Waals surface area contributed by atoms with E-state index in [4.69, 9.17) is 27.6 Å². The molecule has 3 nitrogen and oxygen atoms in total. The monoisotopic (exact) mass is 220 g/mol. The van der Waals surface area contributed by atoms with Gasteiger partial charge in [-0.05, 0) is 13.3 Å². The molecule has 1 N–H and O–H groups in total. The number of aromatic nitrogens is 1. The number of rotatable bonds is 3. The maximum absolute atomic E-state index is 5.85. The third kappa shape index (κ3) is 2.09. The molecule has 1 aromatic heterocycles. The average molecular weight is 221 g/mol. The van der Waals surface area contributed by atoms with Gasteiger partial charge in [0.25, 0.3) is 6.01 Å². The number of halogens is 2. The highest BCUT2D eigenvalue weighted by Gasteiger charge is 2.51. The molecule has 1 aliphatic rings. The minimum absolute atomic E-state index is 0.308. The zero-order valence-corrected chi connectivity index (χ0v) is 8.69. The lowest BCUT2D eigenvalue weighted by Crippen LogP contribution is -2.07. The summed E-state index contributed by atoms with van der Waals surface area (Å²) < 4.78 is 4.57. The first kappa shape index (κ1) is 9.16. The summed E-state index contributed by atoms with van der Waals surface area (Å²) in [6, 6.07) is 0.536. The zero-order valence-electron chi connectivity index (χ0n) is 7.18. The lowest BCUT2D eigenvalue weighted by molar-refractivity contribution is 0.567. The first-order valence-electron chi connectivity index (χ1n) is 4.12. The number of nitrogens with zero attached hydrogens (tertiary/aromatic N) is 1. The van der Waals surface area contributed by atoms with Crippen molar-refractivity contribution < 1.29 is 4.42 Å². The van der Waals surface area contributed by atoms with Crippen LogP contribution in [0.15, 0.2) is 10.7 Å². The zero-order chi connectivity index (χ0) is 9.47. The average Bonchev–Trinajstić information content (AvgIpc) is 2.45. The molecule has 1 aliphatic carbocycles. The Hall–Kier alpha value is -0.410. The number of oxazole rings is 1. The molecule has 1 unspecified atom stereocenters. The van der Waals surface area contributed by atoms with Crippen LogP contribution in [-0.2, 0) is 0 Å². The highest BCUT2D eigenvalue weighted by molar-refractivity contribution is 6.50. The van der Waals surface area contributed by atoms with E-state index in [-0.39, 0.29) is 0 Å². The smallest absolute Gasteiger partial charge is 0.294 e. The van der Waals surface area contributed by atoms with E-state index < -0.39 is 4.33 Å². The SMILES string of the molecule is Cc1coc(NCC2CC2(Cl)Cl)n1. The molecule has 0 radical (unpaired) electrons. The van der Waals surface area contributed by atoms with Crippen molar-refractivity contribution in [1.29, 1.82) is 0 Å². The van der Waals surface area contributed by atoms with E-state index >= 15 is 0 Å². The molecule has 1 fully saturated rings. The third-order valence-electron chi connectivity index (χ3n) is 2.07. The molecule has 1 saturated carbocycles. The quantitative estimate of drug-likeness (QED) is 0.797. The largest absolute Gasteiger partial charge is 0.432 e. The van der Waals surface area contributed by atoms with Crippen LogP contribution in [-0.4, -0.2) is 15.9 Å². The molecule has 0 saturated heterocycles. The fourth-order valence-electron chi connectivity index (χ4n) is 1.14. The van der Waals surface area contributed by atoms with Gasteiger partial charge in [0.1, 0.15) is 10.6 Å². The first-order chi connectivity index (χ1) is 6.08. The first-order valence-corrected chi connectivity index (χ1v) is 4.87. The molecule has 2 rings (SSSR count). The second kappa shape index (κ2) is 3.07. The molecule has 0 amide bonds. The number of aryl methyl sites for hydroxylation is 1. The number of nitrogens with one attached hydrogen (secondary N) is 1. The highest BCUT2D eigenvalue weighted by atomic mass is 35.5. The molecule has 1 aromatic rings. The van der Waals surface area contributed by atoms with E-state index in [1.807, 2.05) is 6.92 Å². The van der Waals surface area contributed by atoms with Crippen LogP contribution in [0.1, 0.15) is 12.1 Å². The van der Waals surface area contributed by atoms with Gasteiger partial charge in [-0.1, -0.05) is 0 Å². The van der Waals surface area contributed by atoms with E-state index in [9.17, 15) is 0 Å². The molecule has 0 spiro atoms. The molecule has 1 atom stereocenters. The second-order valence-corrected chi connectivity index (χ2v) is 4.88. The highest BCUT2D eigenvalue weighted by Crippen LogP contribution is 2.52. The van der Waals surface area contributed by atoms with Crippen molar-refractivity contribution in [2.24, 2.45) is 5.92 Å². The van der Waals surface area contributed by atoms with Crippen LogP contribution in [0, 0.1) is 12.8 Å². The Bertz CT molecular complexity index is 311. The molecule has 0 bridgehead atoms. The molecular weight excluding hydrogens is 211 g/mol. The van der Waals surface area contributed by atoms with Gasteiger partial charge in [-0.25, -0.2) is 0 Å². The summed E-state index contributed by atoms with van der Waals surface area (Å²) in [5.41, 5.74) is 0.862. The Morgan fingerprint density at radius 3 is 2.92 bits per heavy atom. The molecule has 0 aliphatic heterocycles. The normalized spacial score (nSPS) is 24.4. The molecule has 1 heterocycles. The van der Waals surface area contributed by atoms with Crippen LogP contribution >= 0.6 is 23.2 Å². The maximum atomic E-state index is 5.85. The molecule has 0 aromatic carbocycles. The van der Waals surface area contributed by atoms with Gasteiger partial charge in [-0.2, -0.15) is 4.98 Å². The van der Waals surface area contributed by atoms with E-state index in [1.54, 1.807) is 6.26 Å². The summed E-state index contributed by atoms with van der Waals surface area (Å²) in [7, 11) is 0. The fourth-order valence-corrected chi connectivity index (χ4v) is 1.66. The minimum atomic E-state index is -0.533. The van der Waals surface area contributed by atoms with E-state index in [1.165, 1.54) is 0 Å². The van der Waals surface area contributed by atoms with E-state index in [0.29, 0.717) is 18.5 Å². The van der Waals surface area contributed by atoms with Gasteiger partial charge in [0.2, 0.25) is 0 Å². The van der Waals surface area contributed by atoms with Gasteiger partial charge < -0.3 is 9.73 Å². The van der Waals surface area contributed by atoms with Crippen LogP contribution in [0.4, 0.5) is 6.01 Å². The van der Waals surface area contributed by atoms with Crippen molar-refractivity contribution in [3.8, 4) is 0 Å². The summed E-state index contributed by atoms with van der Waals surface area (Å²) in [5, 5.41) is 3.04. The standard InChI is InChI=1S/C8H10Cl2N2O/c1-5-4-13-7(12-5)11-3-6-2-8(6,9)10/h4,6H,2-3H2,1H3,(H,11,12). The Morgan fingerprint density at radius 2 is 2.46 bits per heavy atom. The lowest BCUT2D eigenvalue weighted by Gasteiger charge is -2.00. The topological polar surface area (TPSA) is 38.1 Å². The summed E-state index contributed by atoms with van der Waals surface area (Å²) in [6.07, 6.45) is 2.44. The van der Waals surface area contributed by atoms with Crippen molar-refractivity contribution in [3.63, 3.8) is 0 Å². The van der Waals surface area contributed by atoms with Crippen molar-refractivity contribution in [2.75, 3.05) is 11.9 Å². The molecule has 5 heteroatoms. The van der Waals surface area contributed by atoms with Gasteiger partial charge in [0.05, 0.1) is 5.69 Å². The Labute approximate surface area is 86.4 Å². The second-order valence-electron chi connectivity index (χ2n) is 3.34.